The Kier molecular flexibility index (Phi) is 3.99. The second-order valence-corrected chi connectivity index (χ2v) is 7.76. The van der Waals surface area contributed by atoms with Gasteiger partial charge in [-0.05, 0) is 12.5 Å². The van der Waals surface area contributed by atoms with E-state index in [1.54, 1.807) is 6.92 Å². The molecule has 0 aromatic heterocycles. The normalized spacial score (nSPS) is 29.7. The summed E-state index contributed by atoms with van der Waals surface area (Å²) in [5.41, 5.74) is 0.00363. The van der Waals surface area contributed by atoms with E-state index in [2.05, 4.69) is 30.9 Å². The first-order chi connectivity index (χ1) is 10.8. The van der Waals surface area contributed by atoms with Crippen LogP contribution in [0.4, 0.5) is 0 Å². The Labute approximate surface area is 137 Å². The zero-order chi connectivity index (χ0) is 16.7. The molecule has 0 bridgehead atoms. The first-order valence-corrected chi connectivity index (χ1v) is 8.04. The molecular formula is C18H25NO4. The zero-order valence-electron chi connectivity index (χ0n) is 14.0. The number of ether oxygens (including phenoxy) is 2. The van der Waals surface area contributed by atoms with E-state index in [0.29, 0.717) is 32.8 Å². The quantitative estimate of drug-likeness (QED) is 0.927. The lowest BCUT2D eigenvalue weighted by molar-refractivity contribution is -0.324. The van der Waals surface area contributed by atoms with E-state index in [-0.39, 0.29) is 5.41 Å². The SMILES string of the molecule is CC1(C)COC2(CN(Cc3ccccc3)CC2(C)C(=O)O)OC1. The van der Waals surface area contributed by atoms with Gasteiger partial charge in [0.2, 0.25) is 0 Å². The second kappa shape index (κ2) is 5.58. The highest BCUT2D eigenvalue weighted by Crippen LogP contribution is 2.47. The Hall–Kier alpha value is -1.43. The third-order valence-corrected chi connectivity index (χ3v) is 4.93. The molecular weight excluding hydrogens is 294 g/mol. The molecule has 2 fully saturated rings. The standard InChI is InChI=1S/C18H25NO4/c1-16(2)12-22-18(23-13-16)11-19(10-17(18,3)15(20)21)9-14-7-5-4-6-8-14/h4-8H,9-13H2,1-3H3,(H,20,21). The van der Waals surface area contributed by atoms with Crippen LogP contribution in [-0.2, 0) is 20.8 Å². The highest BCUT2D eigenvalue weighted by Gasteiger charge is 2.64. The van der Waals surface area contributed by atoms with Gasteiger partial charge < -0.3 is 14.6 Å². The number of likely N-dealkylation sites (tertiary alicyclic amines) is 1. The van der Waals surface area contributed by atoms with Crippen LogP contribution < -0.4 is 0 Å². The summed E-state index contributed by atoms with van der Waals surface area (Å²) < 4.78 is 12.1. The summed E-state index contributed by atoms with van der Waals surface area (Å²) in [4.78, 5) is 14.1. The number of nitrogens with zero attached hydrogens (tertiary/aromatic N) is 1. The Balaban J connectivity index is 1.82. The van der Waals surface area contributed by atoms with Gasteiger partial charge in [-0.15, -0.1) is 0 Å². The van der Waals surface area contributed by atoms with Gasteiger partial charge in [0.05, 0.1) is 19.8 Å². The van der Waals surface area contributed by atoms with Gasteiger partial charge in [0.1, 0.15) is 5.41 Å². The molecule has 2 heterocycles. The minimum atomic E-state index is -1.07. The molecule has 0 saturated carbocycles. The van der Waals surface area contributed by atoms with E-state index < -0.39 is 17.2 Å². The monoisotopic (exact) mass is 319 g/mol. The van der Waals surface area contributed by atoms with Gasteiger partial charge >= 0.3 is 5.97 Å². The van der Waals surface area contributed by atoms with Crippen molar-refractivity contribution in [2.45, 2.75) is 33.1 Å². The van der Waals surface area contributed by atoms with Gasteiger partial charge in [-0.1, -0.05) is 44.2 Å². The van der Waals surface area contributed by atoms with Crippen LogP contribution in [0.3, 0.4) is 0 Å². The van der Waals surface area contributed by atoms with Crippen molar-refractivity contribution in [3.05, 3.63) is 35.9 Å². The van der Waals surface area contributed by atoms with Gasteiger partial charge in [-0.2, -0.15) is 0 Å². The molecule has 1 aromatic rings. The van der Waals surface area contributed by atoms with Crippen molar-refractivity contribution in [3.8, 4) is 0 Å². The average molecular weight is 319 g/mol. The Bertz CT molecular complexity index is 576. The fraction of sp³-hybridized carbons (Fsp3) is 0.611. The minimum Gasteiger partial charge on any atom is -0.481 e. The highest BCUT2D eigenvalue weighted by atomic mass is 16.7. The molecule has 5 heteroatoms. The zero-order valence-corrected chi connectivity index (χ0v) is 14.0. The lowest BCUT2D eigenvalue weighted by Gasteiger charge is -2.46. The van der Waals surface area contributed by atoms with Gasteiger partial charge in [-0.3, -0.25) is 9.69 Å². The fourth-order valence-electron chi connectivity index (χ4n) is 3.39. The Morgan fingerprint density at radius 2 is 1.74 bits per heavy atom. The van der Waals surface area contributed by atoms with Crippen molar-refractivity contribution in [2.24, 2.45) is 10.8 Å². The Morgan fingerprint density at radius 3 is 2.30 bits per heavy atom. The molecule has 0 amide bonds. The van der Waals surface area contributed by atoms with Crippen molar-refractivity contribution in [1.82, 2.24) is 4.90 Å². The van der Waals surface area contributed by atoms with Crippen LogP contribution >= 0.6 is 0 Å². The third-order valence-electron chi connectivity index (χ3n) is 4.93. The molecule has 0 radical (unpaired) electrons. The summed E-state index contributed by atoms with van der Waals surface area (Å²) in [6.45, 7) is 8.46. The summed E-state index contributed by atoms with van der Waals surface area (Å²) in [6, 6.07) is 10.1. The lowest BCUT2D eigenvalue weighted by atomic mass is 9.82. The lowest BCUT2D eigenvalue weighted by Crippen LogP contribution is -2.59. The number of carboxylic acid groups (broad SMARTS) is 1. The topological polar surface area (TPSA) is 59.0 Å². The van der Waals surface area contributed by atoms with Gasteiger partial charge in [-0.25, -0.2) is 0 Å². The maximum atomic E-state index is 12.0. The van der Waals surface area contributed by atoms with E-state index in [1.807, 2.05) is 18.2 Å². The molecule has 0 aliphatic carbocycles. The van der Waals surface area contributed by atoms with Crippen LogP contribution in [0.15, 0.2) is 30.3 Å². The van der Waals surface area contributed by atoms with Crippen LogP contribution in [0.5, 0.6) is 0 Å². The number of benzene rings is 1. The van der Waals surface area contributed by atoms with E-state index in [0.717, 1.165) is 5.56 Å². The first-order valence-electron chi connectivity index (χ1n) is 8.04. The predicted molar refractivity (Wildman–Crippen MR) is 85.9 cm³/mol. The molecule has 2 aliphatic heterocycles. The summed E-state index contributed by atoms with van der Waals surface area (Å²) >= 11 is 0. The molecule has 2 saturated heterocycles. The largest absolute Gasteiger partial charge is 0.481 e. The molecule has 1 aromatic carbocycles. The summed E-state index contributed by atoms with van der Waals surface area (Å²) in [6.07, 6.45) is 0. The van der Waals surface area contributed by atoms with E-state index in [9.17, 15) is 9.90 Å². The minimum absolute atomic E-state index is 0.0858. The predicted octanol–water partition coefficient (Wildman–Crippen LogP) is 2.36. The van der Waals surface area contributed by atoms with Gasteiger partial charge in [0.15, 0.2) is 5.79 Å². The summed E-state index contributed by atoms with van der Waals surface area (Å²) in [5, 5.41) is 9.82. The van der Waals surface area contributed by atoms with Gasteiger partial charge in [0.25, 0.3) is 0 Å². The number of hydrogen-bond donors (Lipinski definition) is 1. The average Bonchev–Trinajstić information content (AvgIpc) is 2.77. The van der Waals surface area contributed by atoms with Crippen molar-refractivity contribution in [1.29, 1.82) is 0 Å². The maximum Gasteiger partial charge on any atom is 0.316 e. The van der Waals surface area contributed by atoms with E-state index >= 15 is 0 Å². The van der Waals surface area contributed by atoms with E-state index in [1.165, 1.54) is 0 Å². The fourth-order valence-corrected chi connectivity index (χ4v) is 3.39. The first kappa shape index (κ1) is 16.4. The van der Waals surface area contributed by atoms with E-state index in [4.69, 9.17) is 9.47 Å². The molecule has 2 aliphatic rings. The molecule has 5 nitrogen and oxygen atoms in total. The summed E-state index contributed by atoms with van der Waals surface area (Å²) in [7, 11) is 0. The molecule has 1 unspecified atom stereocenters. The van der Waals surface area contributed by atoms with Crippen LogP contribution in [0.25, 0.3) is 0 Å². The third kappa shape index (κ3) is 2.89. The van der Waals surface area contributed by atoms with Crippen LogP contribution in [0, 0.1) is 10.8 Å². The van der Waals surface area contributed by atoms with Crippen LogP contribution in [0.1, 0.15) is 26.3 Å². The summed E-state index contributed by atoms with van der Waals surface area (Å²) in [5.74, 6) is -1.93. The molecule has 23 heavy (non-hydrogen) atoms. The highest BCUT2D eigenvalue weighted by molar-refractivity contribution is 5.76. The van der Waals surface area contributed by atoms with Crippen molar-refractivity contribution in [3.63, 3.8) is 0 Å². The van der Waals surface area contributed by atoms with Crippen LogP contribution in [-0.4, -0.2) is 48.1 Å². The number of aliphatic carboxylic acids is 1. The molecule has 1 atom stereocenters. The van der Waals surface area contributed by atoms with Crippen LogP contribution in [0.2, 0.25) is 0 Å². The second-order valence-electron chi connectivity index (χ2n) is 7.76. The smallest absolute Gasteiger partial charge is 0.316 e. The van der Waals surface area contributed by atoms with Gasteiger partial charge in [0, 0.05) is 18.5 Å². The van der Waals surface area contributed by atoms with Crippen molar-refractivity contribution in [2.75, 3.05) is 26.3 Å². The van der Waals surface area contributed by atoms with Crippen molar-refractivity contribution < 1.29 is 19.4 Å². The molecule has 3 rings (SSSR count). The number of carboxylic acids is 1. The van der Waals surface area contributed by atoms with Crippen molar-refractivity contribution >= 4 is 5.97 Å². The Morgan fingerprint density at radius 1 is 1.13 bits per heavy atom. The number of rotatable bonds is 3. The molecule has 126 valence electrons. The maximum absolute atomic E-state index is 12.0. The molecule has 1 spiro atoms. The number of hydrogen-bond acceptors (Lipinski definition) is 4. The molecule has 1 N–H and O–H groups in total. The number of carbonyl (C=O) groups is 1.